The summed E-state index contributed by atoms with van der Waals surface area (Å²) in [7, 11) is -0.554. The van der Waals surface area contributed by atoms with Crippen LogP contribution in [0.5, 0.6) is 0 Å². The van der Waals surface area contributed by atoms with Crippen molar-refractivity contribution in [2.24, 2.45) is 0 Å². The molecule has 1 aromatic rings. The molecule has 0 saturated carbocycles. The third-order valence-corrected chi connectivity index (χ3v) is 6.00. The number of thioether (sulfide) groups is 1. The molecule has 27 heavy (non-hydrogen) atoms. The SMILES string of the molecule is CC(=O)SCC(=Cc1cc(C)c(C(=O)O)c(C)c1)B1OC(C)(C)C(C)(C)O1. The van der Waals surface area contributed by atoms with Gasteiger partial charge in [0.2, 0.25) is 0 Å². The number of aromatic carboxylic acids is 1. The Morgan fingerprint density at radius 3 is 2.00 bits per heavy atom. The topological polar surface area (TPSA) is 72.8 Å². The normalized spacial score (nSPS) is 18.6. The summed E-state index contributed by atoms with van der Waals surface area (Å²) < 4.78 is 12.3. The summed E-state index contributed by atoms with van der Waals surface area (Å²) in [5, 5.41) is 9.38. The Kier molecular flexibility index (Phi) is 6.29. The van der Waals surface area contributed by atoms with Gasteiger partial charge in [0.25, 0.3) is 0 Å². The van der Waals surface area contributed by atoms with Crippen molar-refractivity contribution < 1.29 is 24.0 Å². The highest BCUT2D eigenvalue weighted by Gasteiger charge is 2.52. The molecule has 1 aliphatic rings. The van der Waals surface area contributed by atoms with Crippen LogP contribution in [0.15, 0.2) is 17.6 Å². The lowest BCUT2D eigenvalue weighted by Crippen LogP contribution is -2.41. The molecule has 5 nitrogen and oxygen atoms in total. The number of aryl methyl sites for hydroxylation is 2. The van der Waals surface area contributed by atoms with Crippen molar-refractivity contribution in [2.75, 3.05) is 5.75 Å². The van der Waals surface area contributed by atoms with E-state index in [1.54, 1.807) is 13.8 Å². The number of carbonyl (C=O) groups excluding carboxylic acids is 1. The summed E-state index contributed by atoms with van der Waals surface area (Å²) in [6, 6.07) is 3.67. The minimum atomic E-state index is -0.932. The lowest BCUT2D eigenvalue weighted by Gasteiger charge is -2.32. The molecule has 0 unspecified atom stereocenters. The van der Waals surface area contributed by atoms with Gasteiger partial charge in [-0.15, -0.1) is 0 Å². The van der Waals surface area contributed by atoms with Crippen molar-refractivity contribution in [2.45, 2.75) is 59.7 Å². The Labute approximate surface area is 165 Å². The molecule has 0 aliphatic carbocycles. The zero-order chi connectivity index (χ0) is 20.6. The van der Waals surface area contributed by atoms with Crippen LogP contribution in [0.25, 0.3) is 6.08 Å². The van der Waals surface area contributed by atoms with E-state index in [9.17, 15) is 14.7 Å². The van der Waals surface area contributed by atoms with Gasteiger partial charge in [0.05, 0.1) is 16.8 Å². The van der Waals surface area contributed by atoms with Gasteiger partial charge in [-0.2, -0.15) is 0 Å². The maximum absolute atomic E-state index is 11.5. The zero-order valence-corrected chi connectivity index (χ0v) is 17.8. The molecule has 0 aromatic heterocycles. The molecular weight excluding hydrogens is 363 g/mol. The minimum Gasteiger partial charge on any atom is -0.478 e. The zero-order valence-electron chi connectivity index (χ0n) is 17.0. The van der Waals surface area contributed by atoms with E-state index < -0.39 is 24.3 Å². The number of carboxylic acids is 1. The molecular formula is C20H27BO5S. The molecule has 0 bridgehead atoms. The number of carboxylic acid groups (broad SMARTS) is 1. The van der Waals surface area contributed by atoms with E-state index in [4.69, 9.17) is 9.31 Å². The second kappa shape index (κ2) is 7.82. The second-order valence-electron chi connectivity index (χ2n) is 7.92. The summed E-state index contributed by atoms with van der Waals surface area (Å²) in [6.07, 6.45) is 1.93. The first-order chi connectivity index (χ1) is 12.3. The molecule has 1 N–H and O–H groups in total. The van der Waals surface area contributed by atoms with E-state index in [-0.39, 0.29) is 5.12 Å². The van der Waals surface area contributed by atoms with Crippen LogP contribution in [-0.2, 0) is 14.1 Å². The summed E-state index contributed by atoms with van der Waals surface area (Å²) in [6.45, 7) is 13.0. The van der Waals surface area contributed by atoms with E-state index in [0.717, 1.165) is 11.0 Å². The molecule has 1 aromatic carbocycles. The fraction of sp³-hybridized carbons (Fsp3) is 0.500. The Bertz CT molecular complexity index is 759. The largest absolute Gasteiger partial charge is 0.491 e. The smallest absolute Gasteiger partial charge is 0.478 e. The first-order valence-corrected chi connectivity index (χ1v) is 9.86. The van der Waals surface area contributed by atoms with Gasteiger partial charge >= 0.3 is 13.1 Å². The lowest BCUT2D eigenvalue weighted by atomic mass is 9.78. The van der Waals surface area contributed by atoms with Crippen LogP contribution < -0.4 is 0 Å². The van der Waals surface area contributed by atoms with Crippen LogP contribution in [0.1, 0.15) is 61.7 Å². The van der Waals surface area contributed by atoms with Crippen molar-refractivity contribution in [1.29, 1.82) is 0 Å². The maximum Gasteiger partial charge on any atom is 0.491 e. The van der Waals surface area contributed by atoms with Crippen molar-refractivity contribution in [3.8, 4) is 0 Å². The highest BCUT2D eigenvalue weighted by molar-refractivity contribution is 8.13. The van der Waals surface area contributed by atoms with Crippen molar-refractivity contribution >= 4 is 36.0 Å². The van der Waals surface area contributed by atoms with Crippen LogP contribution in [0.2, 0.25) is 0 Å². The quantitative estimate of drug-likeness (QED) is 0.756. The predicted molar refractivity (Wildman–Crippen MR) is 110 cm³/mol. The second-order valence-corrected chi connectivity index (χ2v) is 9.07. The number of carbonyl (C=O) groups is 2. The highest BCUT2D eigenvalue weighted by atomic mass is 32.2. The van der Waals surface area contributed by atoms with Gasteiger partial charge in [-0.1, -0.05) is 30.0 Å². The Balaban J connectivity index is 2.43. The monoisotopic (exact) mass is 390 g/mol. The van der Waals surface area contributed by atoms with Gasteiger partial charge in [-0.25, -0.2) is 4.79 Å². The van der Waals surface area contributed by atoms with Gasteiger partial charge in [-0.3, -0.25) is 4.79 Å². The summed E-state index contributed by atoms with van der Waals surface area (Å²) in [5.41, 5.74) is 2.47. The molecule has 7 heteroatoms. The summed E-state index contributed by atoms with van der Waals surface area (Å²) in [4.78, 5) is 22.9. The van der Waals surface area contributed by atoms with Crippen LogP contribution >= 0.6 is 11.8 Å². The maximum atomic E-state index is 11.5. The van der Waals surface area contributed by atoms with E-state index in [1.165, 1.54) is 18.7 Å². The molecule has 1 fully saturated rings. The molecule has 0 spiro atoms. The number of benzene rings is 1. The van der Waals surface area contributed by atoms with E-state index >= 15 is 0 Å². The van der Waals surface area contributed by atoms with E-state index in [2.05, 4.69) is 0 Å². The van der Waals surface area contributed by atoms with Crippen molar-refractivity contribution in [3.05, 3.63) is 39.9 Å². The van der Waals surface area contributed by atoms with E-state index in [1.807, 2.05) is 45.9 Å². The standard InChI is InChI=1S/C20H27BO5S/c1-12-8-15(9-13(2)17(12)18(23)24)10-16(11-27-14(3)22)21-25-19(4,5)20(6,7)26-21/h8-10H,11H2,1-7H3,(H,23,24). The average molecular weight is 390 g/mol. The van der Waals surface area contributed by atoms with Gasteiger partial charge < -0.3 is 14.4 Å². The fourth-order valence-electron chi connectivity index (χ4n) is 2.99. The van der Waals surface area contributed by atoms with Gasteiger partial charge in [0, 0.05) is 12.7 Å². The lowest BCUT2D eigenvalue weighted by molar-refractivity contribution is -0.109. The van der Waals surface area contributed by atoms with Crippen molar-refractivity contribution in [3.63, 3.8) is 0 Å². The molecule has 1 aliphatic heterocycles. The first-order valence-electron chi connectivity index (χ1n) is 8.88. The van der Waals surface area contributed by atoms with Crippen LogP contribution in [0, 0.1) is 13.8 Å². The van der Waals surface area contributed by atoms with E-state index in [0.29, 0.717) is 22.4 Å². The third kappa shape index (κ3) is 4.84. The number of hydrogen-bond donors (Lipinski definition) is 1. The Morgan fingerprint density at radius 2 is 1.59 bits per heavy atom. The van der Waals surface area contributed by atoms with Crippen LogP contribution in [-0.4, -0.2) is 40.3 Å². The first kappa shape index (κ1) is 21.7. The Hall–Kier alpha value is -1.57. The molecule has 0 radical (unpaired) electrons. The van der Waals surface area contributed by atoms with Gasteiger partial charge in [0.1, 0.15) is 0 Å². The van der Waals surface area contributed by atoms with Gasteiger partial charge in [-0.05, 0) is 63.7 Å². The van der Waals surface area contributed by atoms with Gasteiger partial charge in [0.15, 0.2) is 5.12 Å². The minimum absolute atomic E-state index is 0.0194. The molecule has 146 valence electrons. The molecule has 0 atom stereocenters. The Morgan fingerprint density at radius 1 is 1.11 bits per heavy atom. The van der Waals surface area contributed by atoms with Crippen LogP contribution in [0.3, 0.4) is 0 Å². The average Bonchev–Trinajstić information content (AvgIpc) is 2.70. The molecule has 1 saturated heterocycles. The molecule has 2 rings (SSSR count). The fourth-order valence-corrected chi connectivity index (χ4v) is 3.58. The summed E-state index contributed by atoms with van der Waals surface area (Å²) >= 11 is 1.20. The molecule has 0 amide bonds. The predicted octanol–water partition coefficient (Wildman–Crippen LogP) is 4.30. The summed E-state index contributed by atoms with van der Waals surface area (Å²) in [5.74, 6) is -0.482. The molecule has 1 heterocycles. The number of hydrogen-bond acceptors (Lipinski definition) is 5. The third-order valence-electron chi connectivity index (χ3n) is 5.12. The van der Waals surface area contributed by atoms with Crippen LogP contribution in [0.4, 0.5) is 0 Å². The number of rotatable bonds is 5. The van der Waals surface area contributed by atoms with Crippen molar-refractivity contribution in [1.82, 2.24) is 0 Å². The highest BCUT2D eigenvalue weighted by Crippen LogP contribution is 2.39.